The number of aromatic amines is 1. The van der Waals surface area contributed by atoms with Crippen LogP contribution in [0.5, 0.6) is 0 Å². The predicted octanol–water partition coefficient (Wildman–Crippen LogP) is 3.89. The summed E-state index contributed by atoms with van der Waals surface area (Å²) in [6, 6.07) is 6.53. The van der Waals surface area contributed by atoms with Crippen molar-refractivity contribution >= 4 is 45.5 Å². The van der Waals surface area contributed by atoms with E-state index < -0.39 is 5.38 Å². The van der Waals surface area contributed by atoms with Gasteiger partial charge < -0.3 is 15.2 Å². The molecule has 0 saturated heterocycles. The quantitative estimate of drug-likeness (QED) is 0.572. The van der Waals surface area contributed by atoms with Crippen LogP contribution in [-0.2, 0) is 11.3 Å². The van der Waals surface area contributed by atoms with E-state index in [2.05, 4.69) is 15.3 Å². The third-order valence-electron chi connectivity index (χ3n) is 5.11. The average Bonchev–Trinajstić information content (AvgIpc) is 3.28. The van der Waals surface area contributed by atoms with E-state index in [-0.39, 0.29) is 30.0 Å². The van der Waals surface area contributed by atoms with Gasteiger partial charge in [0.1, 0.15) is 5.38 Å². The highest BCUT2D eigenvalue weighted by molar-refractivity contribution is 7.07. The van der Waals surface area contributed by atoms with Crippen LogP contribution in [0.4, 0.5) is 4.79 Å². The number of urea groups is 1. The van der Waals surface area contributed by atoms with E-state index in [0.29, 0.717) is 11.1 Å². The number of pyridine rings is 1. The van der Waals surface area contributed by atoms with Crippen LogP contribution in [0, 0.1) is 0 Å². The van der Waals surface area contributed by atoms with Gasteiger partial charge in [-0.15, -0.1) is 22.9 Å². The summed E-state index contributed by atoms with van der Waals surface area (Å²) >= 11 is 7.44. The van der Waals surface area contributed by atoms with Crippen LogP contribution in [-0.4, -0.2) is 32.1 Å². The Balaban J connectivity index is 1.68. The SMILES string of the molecule is CC(c1c[nH]c(=O)c2ccccc12)N(Cc1cscn1)C(=O)NC1=CC(Cl)C(=O)C=C1. The fourth-order valence-corrected chi connectivity index (χ4v) is 4.22. The molecular weight excluding hydrogens is 436 g/mol. The molecule has 2 N–H and O–H groups in total. The third-order valence-corrected chi connectivity index (χ3v) is 6.09. The molecule has 3 aromatic rings. The van der Waals surface area contributed by atoms with Gasteiger partial charge >= 0.3 is 6.03 Å². The minimum Gasteiger partial charge on any atom is -0.328 e. The molecule has 2 aromatic heterocycles. The predicted molar refractivity (Wildman–Crippen MR) is 121 cm³/mol. The van der Waals surface area contributed by atoms with Gasteiger partial charge in [-0.25, -0.2) is 9.78 Å². The maximum Gasteiger partial charge on any atom is 0.322 e. The van der Waals surface area contributed by atoms with E-state index in [0.717, 1.165) is 16.6 Å². The first-order valence-electron chi connectivity index (χ1n) is 9.57. The van der Waals surface area contributed by atoms with Crippen molar-refractivity contribution in [2.45, 2.75) is 24.9 Å². The number of allylic oxidation sites excluding steroid dienone is 3. The van der Waals surface area contributed by atoms with Gasteiger partial charge in [-0.2, -0.15) is 0 Å². The number of alkyl halides is 1. The summed E-state index contributed by atoms with van der Waals surface area (Å²) in [6.07, 6.45) is 6.02. The van der Waals surface area contributed by atoms with Crippen molar-refractivity contribution in [1.82, 2.24) is 20.2 Å². The number of nitrogens with zero attached hydrogens (tertiary/aromatic N) is 2. The van der Waals surface area contributed by atoms with Gasteiger partial charge in [0.25, 0.3) is 5.56 Å². The second-order valence-corrected chi connectivity index (χ2v) is 8.28. The van der Waals surface area contributed by atoms with Crippen LogP contribution >= 0.6 is 22.9 Å². The minimum absolute atomic E-state index is 0.183. The number of carbonyl (C=O) groups excluding carboxylic acids is 2. The molecule has 1 aliphatic rings. The molecule has 31 heavy (non-hydrogen) atoms. The number of amides is 2. The Kier molecular flexibility index (Phi) is 6.01. The van der Waals surface area contributed by atoms with Crippen molar-refractivity contribution < 1.29 is 9.59 Å². The monoisotopic (exact) mass is 454 g/mol. The highest BCUT2D eigenvalue weighted by Gasteiger charge is 2.26. The molecule has 7 nitrogen and oxygen atoms in total. The topological polar surface area (TPSA) is 95.2 Å². The number of aromatic nitrogens is 2. The number of rotatable bonds is 5. The van der Waals surface area contributed by atoms with Gasteiger partial charge in [0.05, 0.1) is 23.8 Å². The lowest BCUT2D eigenvalue weighted by atomic mass is 10.0. The Hall–Kier alpha value is -3.23. The normalized spacial score (nSPS) is 16.8. The van der Waals surface area contributed by atoms with Gasteiger partial charge in [0, 0.05) is 22.7 Å². The van der Waals surface area contributed by atoms with Gasteiger partial charge in [-0.1, -0.05) is 18.2 Å². The van der Waals surface area contributed by atoms with Crippen molar-refractivity contribution in [1.29, 1.82) is 0 Å². The molecule has 2 amide bonds. The summed E-state index contributed by atoms with van der Waals surface area (Å²) in [6.45, 7) is 2.16. The number of H-pyrrole nitrogens is 1. The summed E-state index contributed by atoms with van der Waals surface area (Å²) in [7, 11) is 0. The van der Waals surface area contributed by atoms with Crippen molar-refractivity contribution in [3.63, 3.8) is 0 Å². The summed E-state index contributed by atoms with van der Waals surface area (Å²) in [4.78, 5) is 45.8. The molecule has 9 heteroatoms. The lowest BCUT2D eigenvalue weighted by Crippen LogP contribution is -2.41. The van der Waals surface area contributed by atoms with Gasteiger partial charge in [0.2, 0.25) is 0 Å². The maximum atomic E-state index is 13.3. The molecule has 2 heterocycles. The second kappa shape index (κ2) is 8.87. The number of ketones is 1. The first-order valence-corrected chi connectivity index (χ1v) is 10.9. The summed E-state index contributed by atoms with van der Waals surface area (Å²) in [5.41, 5.74) is 3.53. The Labute approximate surface area is 187 Å². The molecule has 1 aliphatic carbocycles. The van der Waals surface area contributed by atoms with Crippen molar-refractivity contribution in [2.75, 3.05) is 0 Å². The number of nitrogens with one attached hydrogen (secondary N) is 2. The summed E-state index contributed by atoms with van der Waals surface area (Å²) < 4.78 is 0. The van der Waals surface area contributed by atoms with Crippen molar-refractivity contribution in [3.8, 4) is 0 Å². The highest BCUT2D eigenvalue weighted by Crippen LogP contribution is 2.28. The summed E-state index contributed by atoms with van der Waals surface area (Å²) in [5, 5.41) is 5.22. The lowest BCUT2D eigenvalue weighted by Gasteiger charge is -2.30. The zero-order valence-electron chi connectivity index (χ0n) is 16.5. The minimum atomic E-state index is -0.812. The first kappa shape index (κ1) is 21.0. The molecule has 0 saturated carbocycles. The molecular formula is C22H19ClN4O3S. The van der Waals surface area contributed by atoms with E-state index in [4.69, 9.17) is 11.6 Å². The van der Waals surface area contributed by atoms with E-state index in [1.165, 1.54) is 29.6 Å². The molecule has 1 aromatic carbocycles. The zero-order valence-corrected chi connectivity index (χ0v) is 18.1. The standard InChI is InChI=1S/C22H19ClN4O3S/c1-13(18-9-24-21(29)17-5-3-2-4-16(17)18)27(10-15-11-31-12-25-15)22(30)26-14-6-7-20(28)19(23)8-14/h2-9,11-13,19H,10H2,1H3,(H,24,29)(H,26,30). The Morgan fingerprint density at radius 2 is 2.06 bits per heavy atom. The third kappa shape index (κ3) is 4.45. The summed E-state index contributed by atoms with van der Waals surface area (Å²) in [5.74, 6) is -0.230. The molecule has 0 bridgehead atoms. The Bertz CT molecular complexity index is 1250. The van der Waals surface area contributed by atoms with E-state index in [9.17, 15) is 14.4 Å². The molecule has 2 atom stereocenters. The number of fused-ring (bicyclic) bond motifs is 1. The number of thiazole rings is 1. The van der Waals surface area contributed by atoms with Crippen LogP contribution < -0.4 is 10.9 Å². The second-order valence-electron chi connectivity index (χ2n) is 7.09. The van der Waals surface area contributed by atoms with Gasteiger partial charge in [0.15, 0.2) is 5.78 Å². The van der Waals surface area contributed by atoms with E-state index >= 15 is 0 Å². The van der Waals surface area contributed by atoms with Crippen LogP contribution in [0.15, 0.2) is 70.1 Å². The average molecular weight is 455 g/mol. The molecule has 4 rings (SSSR count). The molecule has 0 aliphatic heterocycles. The number of benzene rings is 1. The molecule has 0 fully saturated rings. The van der Waals surface area contributed by atoms with E-state index in [1.807, 2.05) is 24.4 Å². The maximum absolute atomic E-state index is 13.3. The fraction of sp³-hybridized carbons (Fsp3) is 0.182. The Morgan fingerprint density at radius 1 is 1.29 bits per heavy atom. The lowest BCUT2D eigenvalue weighted by molar-refractivity contribution is -0.113. The zero-order chi connectivity index (χ0) is 22.0. The van der Waals surface area contributed by atoms with Crippen LogP contribution in [0.3, 0.4) is 0 Å². The van der Waals surface area contributed by atoms with Crippen LogP contribution in [0.25, 0.3) is 10.8 Å². The van der Waals surface area contributed by atoms with Crippen molar-refractivity contribution in [2.24, 2.45) is 0 Å². The first-order chi connectivity index (χ1) is 14.9. The number of halogens is 1. The van der Waals surface area contributed by atoms with Crippen LogP contribution in [0.2, 0.25) is 0 Å². The Morgan fingerprint density at radius 3 is 2.77 bits per heavy atom. The van der Waals surface area contributed by atoms with Gasteiger partial charge in [-0.3, -0.25) is 9.59 Å². The smallest absolute Gasteiger partial charge is 0.322 e. The van der Waals surface area contributed by atoms with Gasteiger partial charge in [-0.05, 0) is 42.2 Å². The fourth-order valence-electron chi connectivity index (χ4n) is 3.46. The molecule has 2 unspecified atom stereocenters. The highest BCUT2D eigenvalue weighted by atomic mass is 35.5. The van der Waals surface area contributed by atoms with Crippen LogP contribution in [0.1, 0.15) is 24.2 Å². The molecule has 0 spiro atoms. The number of hydrogen-bond donors (Lipinski definition) is 2. The number of hydrogen-bond acceptors (Lipinski definition) is 5. The number of carbonyl (C=O) groups is 2. The molecule has 0 radical (unpaired) electrons. The van der Waals surface area contributed by atoms with Crippen molar-refractivity contribution in [3.05, 3.63) is 86.9 Å². The van der Waals surface area contributed by atoms with E-state index in [1.54, 1.807) is 28.7 Å². The largest absolute Gasteiger partial charge is 0.328 e. The molecule has 158 valence electrons.